The van der Waals surface area contributed by atoms with Crippen molar-refractivity contribution >= 4 is 26.3 Å². The van der Waals surface area contributed by atoms with E-state index >= 15 is 0 Å². The Hall–Kier alpha value is -0.840. The van der Waals surface area contributed by atoms with Gasteiger partial charge in [0.1, 0.15) is 3.72 Å². The van der Waals surface area contributed by atoms with Gasteiger partial charge in [0.05, 0.1) is 0 Å². The van der Waals surface area contributed by atoms with Gasteiger partial charge in [-0.05, 0) is 41.0 Å². The Balaban J connectivity index is 2.46. The molecule has 0 aromatic rings. The molecule has 3 heteroatoms. The molecule has 2 N–H and O–H groups in total. The third kappa shape index (κ3) is 4.41. The summed E-state index contributed by atoms with van der Waals surface area (Å²) in [4.78, 5) is 4.10. The largest absolute Gasteiger partial charge is 0.403 e. The number of hydrogen-bond acceptors (Lipinski definition) is 2. The molecule has 2 nitrogen and oxygen atoms in total. The van der Waals surface area contributed by atoms with Crippen LogP contribution in [0.25, 0.3) is 0 Å². The maximum atomic E-state index is 5.18. The van der Waals surface area contributed by atoms with Crippen molar-refractivity contribution in [2.24, 2.45) is 16.6 Å². The van der Waals surface area contributed by atoms with Gasteiger partial charge in [0, 0.05) is 12.4 Å². The highest BCUT2D eigenvalue weighted by molar-refractivity contribution is 14.1. The van der Waals surface area contributed by atoms with E-state index in [1.165, 1.54) is 6.20 Å². The SMILES string of the molecule is N\C=C/N=C(I)/C=C\C1C=CC=CC1. The zero-order valence-corrected chi connectivity index (χ0v) is 9.96. The normalized spacial score (nSPS) is 22.6. The Labute approximate surface area is 98.1 Å². The molecular formula is C11H13IN2. The van der Waals surface area contributed by atoms with Crippen LogP contribution in [0.5, 0.6) is 0 Å². The first-order valence-electron chi connectivity index (χ1n) is 4.44. The summed E-state index contributed by atoms with van der Waals surface area (Å²) in [5.41, 5.74) is 5.18. The van der Waals surface area contributed by atoms with Gasteiger partial charge in [0.15, 0.2) is 0 Å². The van der Waals surface area contributed by atoms with E-state index in [9.17, 15) is 0 Å². The molecule has 1 aliphatic rings. The second-order valence-corrected chi connectivity index (χ2v) is 3.97. The Bertz CT molecular complexity index is 311. The molecule has 1 aliphatic carbocycles. The van der Waals surface area contributed by atoms with Gasteiger partial charge < -0.3 is 5.73 Å². The van der Waals surface area contributed by atoms with Crippen molar-refractivity contribution in [1.82, 2.24) is 0 Å². The number of aliphatic imine (C=N–C) groups is 1. The Kier molecular flexibility index (Phi) is 5.29. The van der Waals surface area contributed by atoms with Crippen LogP contribution >= 0.6 is 22.6 Å². The van der Waals surface area contributed by atoms with Gasteiger partial charge in [-0.3, -0.25) is 0 Å². The molecule has 14 heavy (non-hydrogen) atoms. The van der Waals surface area contributed by atoms with Gasteiger partial charge in [0.2, 0.25) is 0 Å². The van der Waals surface area contributed by atoms with Crippen molar-refractivity contribution < 1.29 is 0 Å². The number of allylic oxidation sites excluding steroid dienone is 6. The Morgan fingerprint density at radius 1 is 1.50 bits per heavy atom. The highest BCUT2D eigenvalue weighted by Crippen LogP contribution is 2.13. The number of nitrogens with zero attached hydrogens (tertiary/aromatic N) is 1. The molecule has 1 atom stereocenters. The molecule has 0 aliphatic heterocycles. The van der Waals surface area contributed by atoms with Gasteiger partial charge in [0.25, 0.3) is 0 Å². The lowest BCUT2D eigenvalue weighted by Gasteiger charge is -2.05. The Morgan fingerprint density at radius 3 is 3.00 bits per heavy atom. The standard InChI is InChI=1S/C11H13IN2/c12-11(14-9-8-13)7-6-10-4-2-1-3-5-10/h1-4,6-10H,5,13H2/b7-6-,9-8-,14-11-. The van der Waals surface area contributed by atoms with Crippen molar-refractivity contribution in [3.63, 3.8) is 0 Å². The highest BCUT2D eigenvalue weighted by Gasteiger charge is 1.99. The molecule has 0 aromatic heterocycles. The van der Waals surface area contributed by atoms with E-state index in [-0.39, 0.29) is 0 Å². The molecule has 74 valence electrons. The van der Waals surface area contributed by atoms with E-state index < -0.39 is 0 Å². The fraction of sp³-hybridized carbons (Fsp3) is 0.182. The number of rotatable bonds is 3. The smallest absolute Gasteiger partial charge is 0.101 e. The molecule has 1 rings (SSSR count). The lowest BCUT2D eigenvalue weighted by Crippen LogP contribution is -1.93. The van der Waals surface area contributed by atoms with Crippen LogP contribution in [0.15, 0.2) is 53.8 Å². The van der Waals surface area contributed by atoms with Crippen LogP contribution in [0.4, 0.5) is 0 Å². The van der Waals surface area contributed by atoms with Gasteiger partial charge in [-0.15, -0.1) is 0 Å². The molecule has 0 saturated heterocycles. The summed E-state index contributed by atoms with van der Waals surface area (Å²) in [7, 11) is 0. The van der Waals surface area contributed by atoms with Crippen molar-refractivity contribution in [2.45, 2.75) is 6.42 Å². The molecule has 0 heterocycles. The quantitative estimate of drug-likeness (QED) is 0.631. The van der Waals surface area contributed by atoms with Crippen molar-refractivity contribution in [2.75, 3.05) is 0 Å². The monoisotopic (exact) mass is 300 g/mol. The first-order valence-corrected chi connectivity index (χ1v) is 5.52. The van der Waals surface area contributed by atoms with Gasteiger partial charge in [-0.2, -0.15) is 0 Å². The summed E-state index contributed by atoms with van der Waals surface area (Å²) in [6.07, 6.45) is 16.7. The molecule has 0 fully saturated rings. The minimum absolute atomic E-state index is 0.502. The third-order valence-corrected chi connectivity index (χ3v) is 2.42. The van der Waals surface area contributed by atoms with Gasteiger partial charge in [-0.1, -0.05) is 30.4 Å². The van der Waals surface area contributed by atoms with E-state index in [0.717, 1.165) is 10.1 Å². The highest BCUT2D eigenvalue weighted by atomic mass is 127. The van der Waals surface area contributed by atoms with Crippen LogP contribution in [0.2, 0.25) is 0 Å². The van der Waals surface area contributed by atoms with Crippen molar-refractivity contribution in [3.05, 3.63) is 48.9 Å². The summed E-state index contributed by atoms with van der Waals surface area (Å²) in [5, 5.41) is 0. The first kappa shape index (κ1) is 11.2. The maximum absolute atomic E-state index is 5.18. The van der Waals surface area contributed by atoms with Crippen LogP contribution in [-0.2, 0) is 0 Å². The molecule has 1 unspecified atom stereocenters. The maximum Gasteiger partial charge on any atom is 0.101 e. The molecular weight excluding hydrogens is 287 g/mol. The second-order valence-electron chi connectivity index (χ2n) is 2.87. The predicted octanol–water partition coefficient (Wildman–Crippen LogP) is 2.94. The summed E-state index contributed by atoms with van der Waals surface area (Å²) in [5.74, 6) is 0.502. The van der Waals surface area contributed by atoms with Crippen LogP contribution in [-0.4, -0.2) is 3.72 Å². The zero-order chi connectivity index (χ0) is 10.2. The molecule has 0 radical (unpaired) electrons. The van der Waals surface area contributed by atoms with E-state index in [1.807, 2.05) is 6.08 Å². The number of hydrogen-bond donors (Lipinski definition) is 1. The fourth-order valence-electron chi connectivity index (χ4n) is 1.10. The molecule has 0 bridgehead atoms. The average Bonchev–Trinajstić information content (AvgIpc) is 2.25. The second kappa shape index (κ2) is 6.59. The zero-order valence-electron chi connectivity index (χ0n) is 7.81. The van der Waals surface area contributed by atoms with Crippen molar-refractivity contribution in [1.29, 1.82) is 0 Å². The van der Waals surface area contributed by atoms with Crippen LogP contribution < -0.4 is 5.73 Å². The number of halogens is 1. The summed E-state index contributed by atoms with van der Waals surface area (Å²) in [6.45, 7) is 0. The molecule has 0 spiro atoms. The van der Waals surface area contributed by atoms with E-state index in [2.05, 4.69) is 58.0 Å². The van der Waals surface area contributed by atoms with E-state index in [1.54, 1.807) is 6.20 Å². The van der Waals surface area contributed by atoms with Gasteiger partial charge in [-0.25, -0.2) is 4.99 Å². The number of nitrogens with two attached hydrogens (primary N) is 1. The van der Waals surface area contributed by atoms with Crippen LogP contribution in [0.1, 0.15) is 6.42 Å². The lowest BCUT2D eigenvalue weighted by molar-refractivity contribution is 0.823. The topological polar surface area (TPSA) is 38.4 Å². The minimum atomic E-state index is 0.502. The van der Waals surface area contributed by atoms with Crippen LogP contribution in [0, 0.1) is 5.92 Å². The predicted molar refractivity (Wildman–Crippen MR) is 70.3 cm³/mol. The third-order valence-electron chi connectivity index (χ3n) is 1.78. The summed E-state index contributed by atoms with van der Waals surface area (Å²) >= 11 is 2.18. The molecule has 0 aromatic carbocycles. The molecule has 0 amide bonds. The fourth-order valence-corrected chi connectivity index (χ4v) is 1.47. The summed E-state index contributed by atoms with van der Waals surface area (Å²) < 4.78 is 0.937. The summed E-state index contributed by atoms with van der Waals surface area (Å²) in [6, 6.07) is 0. The minimum Gasteiger partial charge on any atom is -0.403 e. The van der Waals surface area contributed by atoms with E-state index in [0.29, 0.717) is 5.92 Å². The van der Waals surface area contributed by atoms with E-state index in [4.69, 9.17) is 5.73 Å². The van der Waals surface area contributed by atoms with Gasteiger partial charge >= 0.3 is 0 Å². The van der Waals surface area contributed by atoms with Crippen LogP contribution in [0.3, 0.4) is 0 Å². The molecule has 0 saturated carbocycles. The Morgan fingerprint density at radius 2 is 2.36 bits per heavy atom. The lowest BCUT2D eigenvalue weighted by atomic mass is 10.0. The average molecular weight is 300 g/mol. The first-order chi connectivity index (χ1) is 6.83. The van der Waals surface area contributed by atoms with Crippen molar-refractivity contribution in [3.8, 4) is 0 Å².